The van der Waals surface area contributed by atoms with E-state index in [2.05, 4.69) is 46.2 Å². The quantitative estimate of drug-likeness (QED) is 0.364. The molecule has 2 aromatic rings. The van der Waals surface area contributed by atoms with E-state index in [9.17, 15) is 4.79 Å². The first-order valence-corrected chi connectivity index (χ1v) is 15.0. The number of rotatable bonds is 8. The lowest BCUT2D eigenvalue weighted by molar-refractivity contribution is 0.103. The first-order chi connectivity index (χ1) is 17.8. The van der Waals surface area contributed by atoms with Crippen LogP contribution in [0.5, 0.6) is 0 Å². The zero-order valence-corrected chi connectivity index (χ0v) is 22.1. The van der Waals surface area contributed by atoms with Gasteiger partial charge in [-0.3, -0.25) is 14.6 Å². The third kappa shape index (κ3) is 5.07. The Bertz CT molecular complexity index is 972. The van der Waals surface area contributed by atoms with E-state index in [1.807, 2.05) is 0 Å². The van der Waals surface area contributed by atoms with Crippen molar-refractivity contribution >= 4 is 5.78 Å². The Morgan fingerprint density at radius 1 is 0.583 bits per heavy atom. The molecule has 0 N–H and O–H groups in total. The summed E-state index contributed by atoms with van der Waals surface area (Å²) in [7, 11) is 0. The van der Waals surface area contributed by atoms with E-state index < -0.39 is 0 Å². The second-order valence-electron chi connectivity index (χ2n) is 12.0. The SMILES string of the molecule is O=C(c1cccc(CN2CCCCC2)c1C1CCC1)c1cccc(CN2CCCCC2)c1C1CCC1. The Balaban J connectivity index is 1.35. The highest BCUT2D eigenvalue weighted by Gasteiger charge is 2.32. The monoisotopic (exact) mass is 484 g/mol. The fraction of sp³-hybridized carbons (Fsp3) is 0.606. The van der Waals surface area contributed by atoms with Crippen molar-refractivity contribution in [2.75, 3.05) is 26.2 Å². The molecule has 0 bridgehead atoms. The maximum Gasteiger partial charge on any atom is 0.193 e. The third-order valence-electron chi connectivity index (χ3n) is 9.59. The molecule has 36 heavy (non-hydrogen) atoms. The number of carbonyl (C=O) groups is 1. The van der Waals surface area contributed by atoms with Gasteiger partial charge in [-0.05, 0) is 112 Å². The maximum absolute atomic E-state index is 14.4. The molecule has 0 aromatic heterocycles. The molecule has 2 aliphatic carbocycles. The molecule has 0 amide bonds. The standard InChI is InChI=1S/C33H44N2O/c36-33(29-17-9-15-27(31(29)25-11-7-12-25)23-34-19-3-1-4-20-34)30-18-10-16-28(32(30)26-13-8-14-26)24-35-21-5-2-6-22-35/h9-10,15-18,25-26H,1-8,11-14,19-24H2. The van der Waals surface area contributed by atoms with Crippen molar-refractivity contribution in [3.8, 4) is 0 Å². The Morgan fingerprint density at radius 3 is 1.36 bits per heavy atom. The molecule has 0 radical (unpaired) electrons. The van der Waals surface area contributed by atoms with Gasteiger partial charge in [0, 0.05) is 24.2 Å². The molecule has 3 nitrogen and oxygen atoms in total. The van der Waals surface area contributed by atoms with Crippen molar-refractivity contribution in [2.24, 2.45) is 0 Å². The molecular formula is C33H44N2O. The normalized spacial score (nSPS) is 22.2. The lowest BCUT2D eigenvalue weighted by Crippen LogP contribution is -2.31. The van der Waals surface area contributed by atoms with Crippen LogP contribution in [0.3, 0.4) is 0 Å². The molecule has 2 saturated carbocycles. The summed E-state index contributed by atoms with van der Waals surface area (Å²) >= 11 is 0. The van der Waals surface area contributed by atoms with E-state index in [0.29, 0.717) is 17.6 Å². The van der Waals surface area contributed by atoms with Crippen LogP contribution in [-0.2, 0) is 13.1 Å². The summed E-state index contributed by atoms with van der Waals surface area (Å²) in [5.41, 5.74) is 7.62. The number of ketones is 1. The van der Waals surface area contributed by atoms with Gasteiger partial charge in [-0.2, -0.15) is 0 Å². The van der Waals surface area contributed by atoms with Crippen LogP contribution < -0.4 is 0 Å². The van der Waals surface area contributed by atoms with E-state index in [4.69, 9.17) is 0 Å². The summed E-state index contributed by atoms with van der Waals surface area (Å²) in [5, 5.41) is 0. The first kappa shape index (κ1) is 24.4. The summed E-state index contributed by atoms with van der Waals surface area (Å²) in [5.74, 6) is 1.42. The summed E-state index contributed by atoms with van der Waals surface area (Å²) in [6.07, 6.45) is 15.5. The zero-order valence-electron chi connectivity index (χ0n) is 22.1. The first-order valence-electron chi connectivity index (χ1n) is 15.0. The van der Waals surface area contributed by atoms with Crippen molar-refractivity contribution < 1.29 is 4.79 Å². The average molecular weight is 485 g/mol. The highest BCUT2D eigenvalue weighted by molar-refractivity contribution is 6.11. The molecule has 2 aromatic carbocycles. The lowest BCUT2D eigenvalue weighted by atomic mass is 9.72. The molecule has 2 saturated heterocycles. The fourth-order valence-electron chi connectivity index (χ4n) is 7.12. The molecule has 4 aliphatic rings. The number of piperidine rings is 2. The molecule has 192 valence electrons. The summed E-state index contributed by atoms with van der Waals surface area (Å²) in [6.45, 7) is 6.83. The smallest absolute Gasteiger partial charge is 0.193 e. The molecule has 0 atom stereocenters. The van der Waals surface area contributed by atoms with Crippen LogP contribution in [0, 0.1) is 0 Å². The third-order valence-corrected chi connectivity index (χ3v) is 9.59. The Hall–Kier alpha value is -1.97. The lowest BCUT2D eigenvalue weighted by Gasteiger charge is -2.34. The van der Waals surface area contributed by atoms with E-state index in [0.717, 1.165) is 24.2 Å². The van der Waals surface area contributed by atoms with Gasteiger partial charge in [0.2, 0.25) is 0 Å². The van der Waals surface area contributed by atoms with Gasteiger partial charge >= 0.3 is 0 Å². The van der Waals surface area contributed by atoms with Crippen LogP contribution in [0.4, 0.5) is 0 Å². The minimum Gasteiger partial charge on any atom is -0.299 e. The van der Waals surface area contributed by atoms with E-state index in [-0.39, 0.29) is 0 Å². The van der Waals surface area contributed by atoms with Gasteiger partial charge in [0.25, 0.3) is 0 Å². The van der Waals surface area contributed by atoms with Crippen LogP contribution in [0.1, 0.15) is 127 Å². The van der Waals surface area contributed by atoms with Crippen LogP contribution in [0.2, 0.25) is 0 Å². The summed E-state index contributed by atoms with van der Waals surface area (Å²) in [4.78, 5) is 19.7. The Morgan fingerprint density at radius 2 is 1.00 bits per heavy atom. The summed E-state index contributed by atoms with van der Waals surface area (Å²) in [6, 6.07) is 13.3. The van der Waals surface area contributed by atoms with Crippen molar-refractivity contribution in [3.05, 3.63) is 69.8 Å². The van der Waals surface area contributed by atoms with Crippen molar-refractivity contribution in [1.29, 1.82) is 0 Å². The van der Waals surface area contributed by atoms with Gasteiger partial charge in [-0.15, -0.1) is 0 Å². The second-order valence-corrected chi connectivity index (χ2v) is 12.0. The topological polar surface area (TPSA) is 23.6 Å². The number of likely N-dealkylation sites (tertiary alicyclic amines) is 2. The van der Waals surface area contributed by atoms with Gasteiger partial charge in [0.1, 0.15) is 0 Å². The Kier molecular flexibility index (Phi) is 7.58. The number of nitrogens with zero attached hydrogens (tertiary/aromatic N) is 2. The summed E-state index contributed by atoms with van der Waals surface area (Å²) < 4.78 is 0. The molecule has 3 heteroatoms. The fourth-order valence-corrected chi connectivity index (χ4v) is 7.12. The minimum atomic E-state index is 0.291. The van der Waals surface area contributed by atoms with Crippen LogP contribution in [0.15, 0.2) is 36.4 Å². The highest BCUT2D eigenvalue weighted by Crippen LogP contribution is 2.44. The van der Waals surface area contributed by atoms with E-state index >= 15 is 0 Å². The van der Waals surface area contributed by atoms with E-state index in [1.165, 1.54) is 125 Å². The molecule has 0 unspecified atom stereocenters. The second kappa shape index (κ2) is 11.2. The molecular weight excluding hydrogens is 440 g/mol. The number of hydrogen-bond donors (Lipinski definition) is 0. The highest BCUT2D eigenvalue weighted by atomic mass is 16.1. The minimum absolute atomic E-state index is 0.291. The van der Waals surface area contributed by atoms with Crippen LogP contribution in [-0.4, -0.2) is 41.8 Å². The average Bonchev–Trinajstić information content (AvgIpc) is 2.85. The van der Waals surface area contributed by atoms with Crippen molar-refractivity contribution in [1.82, 2.24) is 9.80 Å². The Labute approximate surface area is 218 Å². The van der Waals surface area contributed by atoms with Gasteiger partial charge in [-0.1, -0.05) is 62.1 Å². The maximum atomic E-state index is 14.4. The number of carbonyl (C=O) groups excluding carboxylic acids is 1. The van der Waals surface area contributed by atoms with Gasteiger partial charge in [0.05, 0.1) is 0 Å². The zero-order chi connectivity index (χ0) is 24.3. The largest absolute Gasteiger partial charge is 0.299 e. The number of hydrogen-bond acceptors (Lipinski definition) is 3. The molecule has 6 rings (SSSR count). The number of benzene rings is 2. The predicted molar refractivity (Wildman–Crippen MR) is 148 cm³/mol. The molecule has 4 fully saturated rings. The van der Waals surface area contributed by atoms with E-state index in [1.54, 1.807) is 0 Å². The van der Waals surface area contributed by atoms with Crippen LogP contribution in [0.25, 0.3) is 0 Å². The molecule has 2 aliphatic heterocycles. The van der Waals surface area contributed by atoms with Crippen molar-refractivity contribution in [3.63, 3.8) is 0 Å². The molecule has 2 heterocycles. The van der Waals surface area contributed by atoms with Gasteiger partial charge < -0.3 is 0 Å². The molecule has 0 spiro atoms. The van der Waals surface area contributed by atoms with Crippen molar-refractivity contribution in [2.45, 2.75) is 102 Å². The predicted octanol–water partition coefficient (Wildman–Crippen LogP) is 7.42. The van der Waals surface area contributed by atoms with Gasteiger partial charge in [-0.25, -0.2) is 0 Å². The van der Waals surface area contributed by atoms with Crippen LogP contribution >= 0.6 is 0 Å². The van der Waals surface area contributed by atoms with Gasteiger partial charge in [0.15, 0.2) is 5.78 Å².